The molecule has 0 atom stereocenters. The Balaban J connectivity index is 1.97. The summed E-state index contributed by atoms with van der Waals surface area (Å²) in [7, 11) is 0. The zero-order valence-corrected chi connectivity index (χ0v) is 14.9. The molecule has 27 heavy (non-hydrogen) atoms. The number of nitrogens with zero attached hydrogens (tertiary/aromatic N) is 2. The molecule has 0 unspecified atom stereocenters. The van der Waals surface area contributed by atoms with Crippen molar-refractivity contribution in [2.75, 3.05) is 5.32 Å². The number of fused-ring (bicyclic) bond motifs is 1. The van der Waals surface area contributed by atoms with Gasteiger partial charge < -0.3 is 15.6 Å². The predicted octanol–water partition coefficient (Wildman–Crippen LogP) is 3.33. The van der Waals surface area contributed by atoms with Crippen molar-refractivity contribution < 1.29 is 9.59 Å². The van der Waals surface area contributed by atoms with Gasteiger partial charge in [-0.3, -0.25) is 9.59 Å². The number of anilines is 1. The molecule has 0 aliphatic heterocycles. The van der Waals surface area contributed by atoms with Gasteiger partial charge in [0.05, 0.1) is 0 Å². The SMILES string of the molecule is N#C/C(=C\c1cn(CC(N)=O)c2ccccc12)C(=O)Nc1cccc(Cl)c1. The van der Waals surface area contributed by atoms with Gasteiger partial charge in [0.15, 0.2) is 0 Å². The number of para-hydroxylation sites is 1. The molecule has 0 saturated heterocycles. The van der Waals surface area contributed by atoms with Crippen LogP contribution in [0.1, 0.15) is 5.56 Å². The molecule has 0 bridgehead atoms. The second kappa shape index (κ2) is 7.77. The number of amides is 2. The van der Waals surface area contributed by atoms with Gasteiger partial charge in [-0.1, -0.05) is 35.9 Å². The van der Waals surface area contributed by atoms with E-state index in [0.29, 0.717) is 16.3 Å². The molecule has 2 amide bonds. The number of carbonyl (C=O) groups is 2. The number of nitriles is 1. The van der Waals surface area contributed by atoms with Crippen LogP contribution in [0.4, 0.5) is 5.69 Å². The summed E-state index contributed by atoms with van der Waals surface area (Å²) in [5.41, 5.74) is 7.14. The lowest BCUT2D eigenvalue weighted by Gasteiger charge is -2.04. The Morgan fingerprint density at radius 1 is 1.22 bits per heavy atom. The van der Waals surface area contributed by atoms with Crippen LogP contribution in [0.25, 0.3) is 17.0 Å². The molecule has 134 valence electrons. The van der Waals surface area contributed by atoms with Gasteiger partial charge in [-0.05, 0) is 30.3 Å². The molecule has 0 radical (unpaired) electrons. The number of carbonyl (C=O) groups excluding carboxylic acids is 2. The number of rotatable bonds is 5. The van der Waals surface area contributed by atoms with Crippen LogP contribution in [0.3, 0.4) is 0 Å². The number of primary amides is 1. The van der Waals surface area contributed by atoms with E-state index in [2.05, 4.69) is 5.32 Å². The summed E-state index contributed by atoms with van der Waals surface area (Å²) in [6, 6.07) is 15.9. The van der Waals surface area contributed by atoms with Gasteiger partial charge in [-0.25, -0.2) is 0 Å². The largest absolute Gasteiger partial charge is 0.368 e. The Hall–Kier alpha value is -3.56. The quantitative estimate of drug-likeness (QED) is 0.526. The van der Waals surface area contributed by atoms with E-state index >= 15 is 0 Å². The fourth-order valence-corrected chi connectivity index (χ4v) is 2.95. The molecule has 1 heterocycles. The summed E-state index contributed by atoms with van der Waals surface area (Å²) in [6.07, 6.45) is 3.18. The maximum atomic E-state index is 12.5. The Labute approximate surface area is 160 Å². The Morgan fingerprint density at radius 3 is 2.70 bits per heavy atom. The average Bonchev–Trinajstić information content (AvgIpc) is 2.96. The third-order valence-corrected chi connectivity index (χ3v) is 4.13. The van der Waals surface area contributed by atoms with Crippen LogP contribution in [0.2, 0.25) is 5.02 Å². The monoisotopic (exact) mass is 378 g/mol. The molecule has 0 saturated carbocycles. The standard InChI is InChI=1S/C20H15ClN4O2/c21-15-4-3-5-16(9-15)24-20(27)13(10-22)8-14-11-25(12-19(23)26)18-7-2-1-6-17(14)18/h1-9,11H,12H2,(H2,23,26)(H,24,27)/b13-8+. The van der Waals surface area contributed by atoms with E-state index in [4.69, 9.17) is 17.3 Å². The van der Waals surface area contributed by atoms with Crippen LogP contribution >= 0.6 is 11.6 Å². The minimum atomic E-state index is -0.550. The summed E-state index contributed by atoms with van der Waals surface area (Å²) >= 11 is 5.91. The molecular weight excluding hydrogens is 364 g/mol. The zero-order chi connectivity index (χ0) is 19.4. The molecule has 0 fully saturated rings. The molecule has 3 aromatic rings. The summed E-state index contributed by atoms with van der Waals surface area (Å²) in [6.45, 7) is 0.00491. The lowest BCUT2D eigenvalue weighted by Crippen LogP contribution is -2.17. The maximum Gasteiger partial charge on any atom is 0.266 e. The Bertz CT molecular complexity index is 1110. The van der Waals surface area contributed by atoms with Crippen LogP contribution < -0.4 is 11.1 Å². The van der Waals surface area contributed by atoms with Crippen LogP contribution in [0.5, 0.6) is 0 Å². The van der Waals surface area contributed by atoms with Crippen molar-refractivity contribution in [3.05, 3.63) is 70.9 Å². The summed E-state index contributed by atoms with van der Waals surface area (Å²) < 4.78 is 1.69. The van der Waals surface area contributed by atoms with Crippen LogP contribution in [-0.2, 0) is 16.1 Å². The lowest BCUT2D eigenvalue weighted by atomic mass is 10.1. The molecule has 0 spiro atoms. The van der Waals surface area contributed by atoms with E-state index in [-0.39, 0.29) is 12.1 Å². The number of benzene rings is 2. The number of aromatic nitrogens is 1. The first kappa shape index (κ1) is 18.2. The minimum Gasteiger partial charge on any atom is -0.368 e. The molecule has 0 aliphatic carbocycles. The van der Waals surface area contributed by atoms with Gasteiger partial charge in [0.25, 0.3) is 5.91 Å². The fourth-order valence-electron chi connectivity index (χ4n) is 2.76. The molecule has 7 heteroatoms. The predicted molar refractivity (Wildman–Crippen MR) is 105 cm³/mol. The number of hydrogen-bond acceptors (Lipinski definition) is 3. The van der Waals surface area contributed by atoms with Crippen molar-refractivity contribution in [2.24, 2.45) is 5.73 Å². The van der Waals surface area contributed by atoms with E-state index in [0.717, 1.165) is 10.9 Å². The van der Waals surface area contributed by atoms with Crippen molar-refractivity contribution in [1.29, 1.82) is 5.26 Å². The normalized spacial score (nSPS) is 11.2. The van der Waals surface area contributed by atoms with E-state index in [1.807, 2.05) is 30.3 Å². The number of halogens is 1. The first-order valence-electron chi connectivity index (χ1n) is 8.03. The third-order valence-electron chi connectivity index (χ3n) is 3.89. The number of nitrogens with two attached hydrogens (primary N) is 1. The van der Waals surface area contributed by atoms with Crippen molar-refractivity contribution in [2.45, 2.75) is 6.54 Å². The Morgan fingerprint density at radius 2 is 2.00 bits per heavy atom. The summed E-state index contributed by atoms with van der Waals surface area (Å²) in [4.78, 5) is 23.8. The first-order chi connectivity index (χ1) is 13.0. The molecule has 6 nitrogen and oxygen atoms in total. The smallest absolute Gasteiger partial charge is 0.266 e. The highest BCUT2D eigenvalue weighted by molar-refractivity contribution is 6.31. The highest BCUT2D eigenvalue weighted by Crippen LogP contribution is 2.24. The highest BCUT2D eigenvalue weighted by atomic mass is 35.5. The second-order valence-corrected chi connectivity index (χ2v) is 6.27. The van der Waals surface area contributed by atoms with E-state index in [1.165, 1.54) is 6.08 Å². The fraction of sp³-hybridized carbons (Fsp3) is 0.0500. The minimum absolute atomic E-state index is 0.00491. The number of hydrogen-bond donors (Lipinski definition) is 2. The van der Waals surface area contributed by atoms with Gasteiger partial charge in [-0.15, -0.1) is 0 Å². The molecular formula is C20H15ClN4O2. The molecule has 3 rings (SSSR count). The van der Waals surface area contributed by atoms with Gasteiger partial charge in [-0.2, -0.15) is 5.26 Å². The van der Waals surface area contributed by atoms with E-state index < -0.39 is 11.8 Å². The van der Waals surface area contributed by atoms with Gasteiger partial charge in [0.1, 0.15) is 18.2 Å². The molecule has 0 aliphatic rings. The second-order valence-electron chi connectivity index (χ2n) is 5.83. The van der Waals surface area contributed by atoms with Crippen molar-refractivity contribution in [3.63, 3.8) is 0 Å². The van der Waals surface area contributed by atoms with Gasteiger partial charge >= 0.3 is 0 Å². The summed E-state index contributed by atoms with van der Waals surface area (Å²) in [5.74, 6) is -1.03. The highest BCUT2D eigenvalue weighted by Gasteiger charge is 2.13. The van der Waals surface area contributed by atoms with E-state index in [9.17, 15) is 14.9 Å². The van der Waals surface area contributed by atoms with Crippen molar-refractivity contribution in [3.8, 4) is 6.07 Å². The van der Waals surface area contributed by atoms with Crippen molar-refractivity contribution >= 4 is 46.1 Å². The zero-order valence-electron chi connectivity index (χ0n) is 14.1. The summed E-state index contributed by atoms with van der Waals surface area (Å²) in [5, 5.41) is 13.4. The first-order valence-corrected chi connectivity index (χ1v) is 8.40. The van der Waals surface area contributed by atoms with Crippen LogP contribution in [0.15, 0.2) is 60.3 Å². The number of nitrogens with one attached hydrogen (secondary N) is 1. The lowest BCUT2D eigenvalue weighted by molar-refractivity contribution is -0.118. The van der Waals surface area contributed by atoms with Crippen molar-refractivity contribution in [1.82, 2.24) is 4.57 Å². The molecule has 1 aromatic heterocycles. The Kier molecular flexibility index (Phi) is 5.25. The maximum absolute atomic E-state index is 12.5. The molecule has 2 aromatic carbocycles. The van der Waals surface area contributed by atoms with Crippen LogP contribution in [0, 0.1) is 11.3 Å². The van der Waals surface area contributed by atoms with Gasteiger partial charge in [0.2, 0.25) is 5.91 Å². The van der Waals surface area contributed by atoms with Crippen LogP contribution in [-0.4, -0.2) is 16.4 Å². The van der Waals surface area contributed by atoms with Gasteiger partial charge in [0, 0.05) is 33.4 Å². The van der Waals surface area contributed by atoms with E-state index in [1.54, 1.807) is 35.0 Å². The average molecular weight is 379 g/mol. The topological polar surface area (TPSA) is 101 Å². The third kappa shape index (κ3) is 4.17. The molecule has 3 N–H and O–H groups in total.